The zero-order chi connectivity index (χ0) is 38.6. The summed E-state index contributed by atoms with van der Waals surface area (Å²) >= 11 is 0. The van der Waals surface area contributed by atoms with Gasteiger partial charge in [-0.3, -0.25) is 24.1 Å². The smallest absolute Gasteiger partial charge is 0.326 e. The van der Waals surface area contributed by atoms with Gasteiger partial charge < -0.3 is 24.2 Å². The van der Waals surface area contributed by atoms with E-state index in [1.54, 1.807) is 48.5 Å². The summed E-state index contributed by atoms with van der Waals surface area (Å²) in [4.78, 5) is 59.9. The van der Waals surface area contributed by atoms with Gasteiger partial charge in [0.2, 0.25) is 0 Å². The minimum Gasteiger partial charge on any atom is -0.490 e. The summed E-state index contributed by atoms with van der Waals surface area (Å²) in [6.45, 7) is -0.557. The number of imide groups is 1. The maximum absolute atomic E-state index is 15.3. The van der Waals surface area contributed by atoms with Gasteiger partial charge in [0.25, 0.3) is 11.8 Å². The molecule has 6 rings (SSSR count). The lowest BCUT2D eigenvalue weighted by Crippen LogP contribution is -2.39. The molecule has 1 aliphatic heterocycles. The Morgan fingerprint density at radius 2 is 0.963 bits per heavy atom. The minimum absolute atomic E-state index is 0.0275. The first-order valence-electron chi connectivity index (χ1n) is 17.6. The lowest BCUT2D eigenvalue weighted by molar-refractivity contribution is -0.144. The Morgan fingerprint density at radius 1 is 0.556 bits per heavy atom. The van der Waals surface area contributed by atoms with Gasteiger partial charge in [0, 0.05) is 64.9 Å². The number of carbonyl (C=O) groups excluding carboxylic acids is 4. The van der Waals surface area contributed by atoms with Crippen LogP contribution in [0.3, 0.4) is 0 Å². The molecule has 0 radical (unpaired) electrons. The van der Waals surface area contributed by atoms with Crippen LogP contribution in [0.4, 0.5) is 17.1 Å². The fraction of sp³-hybridized carbons (Fsp3) is 0.227. The van der Waals surface area contributed by atoms with Crippen LogP contribution in [0.15, 0.2) is 121 Å². The van der Waals surface area contributed by atoms with Crippen LogP contribution < -0.4 is 19.4 Å². The van der Waals surface area contributed by atoms with Gasteiger partial charge in [0.1, 0.15) is 30.9 Å². The fourth-order valence-corrected chi connectivity index (χ4v) is 6.71. The Labute approximate surface area is 316 Å². The number of hydrogen-bond acceptors (Lipinski definition) is 9. The molecule has 10 nitrogen and oxygen atoms in total. The summed E-state index contributed by atoms with van der Waals surface area (Å²) in [6, 6.07) is 37.7. The number of esters is 1. The van der Waals surface area contributed by atoms with E-state index in [-0.39, 0.29) is 30.1 Å². The van der Waals surface area contributed by atoms with Crippen LogP contribution in [0.5, 0.6) is 5.75 Å². The first-order valence-corrected chi connectivity index (χ1v) is 17.6. The van der Waals surface area contributed by atoms with Crippen LogP contribution in [-0.4, -0.2) is 90.5 Å². The summed E-state index contributed by atoms with van der Waals surface area (Å²) in [7, 11) is 11.9. The molecule has 0 aliphatic carbocycles. The predicted molar refractivity (Wildman–Crippen MR) is 211 cm³/mol. The van der Waals surface area contributed by atoms with Crippen molar-refractivity contribution in [3.05, 3.63) is 155 Å². The monoisotopic (exact) mass is 724 g/mol. The molecule has 1 heterocycles. The number of fused-ring (bicyclic) bond motifs is 1. The quantitative estimate of drug-likeness (QED) is 0.0429. The summed E-state index contributed by atoms with van der Waals surface area (Å²) < 4.78 is 11.1. The van der Waals surface area contributed by atoms with Crippen LogP contribution >= 0.6 is 0 Å². The number of Topliss-reactive ketones (excluding diaryl/α,β-unsaturated/α-hetero) is 1. The van der Waals surface area contributed by atoms with E-state index in [4.69, 9.17) is 9.47 Å². The van der Waals surface area contributed by atoms with Gasteiger partial charge in [-0.15, -0.1) is 0 Å². The van der Waals surface area contributed by atoms with E-state index in [0.717, 1.165) is 38.7 Å². The third-order valence-corrected chi connectivity index (χ3v) is 9.69. The molecule has 5 aromatic rings. The van der Waals surface area contributed by atoms with E-state index in [1.165, 1.54) is 0 Å². The topological polar surface area (TPSA) is 99.7 Å². The number of anilines is 3. The first kappa shape index (κ1) is 37.3. The molecule has 0 saturated carbocycles. The largest absolute Gasteiger partial charge is 0.490 e. The molecule has 0 unspecified atom stereocenters. The molecule has 276 valence electrons. The molecule has 0 atom stereocenters. The van der Waals surface area contributed by atoms with Crippen molar-refractivity contribution in [2.24, 2.45) is 0 Å². The lowest BCUT2D eigenvalue weighted by atomic mass is 9.65. The van der Waals surface area contributed by atoms with Crippen LogP contribution in [0, 0.1) is 0 Å². The number of benzene rings is 5. The van der Waals surface area contributed by atoms with Crippen molar-refractivity contribution in [3.63, 3.8) is 0 Å². The van der Waals surface area contributed by atoms with Gasteiger partial charge in [-0.05, 0) is 89.5 Å². The standard InChI is InChI=1S/C44H44N4O6/c1-45(2)34-19-13-31(14-20-34)44(32-15-21-35(22-16-32)46(3)4,33-17-23-36(24-18-33)47(5)6)41(50)30-11-25-37(26-12-30)53-27-28-54-40(49)29-48-42(51)38-9-7-8-10-39(38)43(48)52/h7-26H,27-29H2,1-6H3. The molecular weight excluding hydrogens is 681 g/mol. The van der Waals surface area contributed by atoms with Crippen molar-refractivity contribution in [1.29, 1.82) is 0 Å². The normalized spacial score (nSPS) is 12.3. The van der Waals surface area contributed by atoms with Gasteiger partial charge in [-0.2, -0.15) is 0 Å². The first-order chi connectivity index (χ1) is 25.9. The Balaban J connectivity index is 1.24. The molecule has 0 aromatic heterocycles. The van der Waals surface area contributed by atoms with E-state index in [2.05, 4.69) is 0 Å². The van der Waals surface area contributed by atoms with E-state index < -0.39 is 29.7 Å². The van der Waals surface area contributed by atoms with Crippen LogP contribution in [0.25, 0.3) is 0 Å². The number of ketones is 1. The van der Waals surface area contributed by atoms with E-state index in [9.17, 15) is 14.4 Å². The van der Waals surface area contributed by atoms with Gasteiger partial charge in [-0.1, -0.05) is 48.5 Å². The van der Waals surface area contributed by atoms with E-state index >= 15 is 4.79 Å². The van der Waals surface area contributed by atoms with Crippen molar-refractivity contribution < 1.29 is 28.7 Å². The highest BCUT2D eigenvalue weighted by molar-refractivity contribution is 6.22. The zero-order valence-corrected chi connectivity index (χ0v) is 31.4. The molecule has 54 heavy (non-hydrogen) atoms. The maximum atomic E-state index is 15.3. The minimum atomic E-state index is -1.20. The van der Waals surface area contributed by atoms with Gasteiger partial charge >= 0.3 is 5.97 Å². The van der Waals surface area contributed by atoms with Crippen LogP contribution in [0.1, 0.15) is 47.8 Å². The van der Waals surface area contributed by atoms with Crippen LogP contribution in [0.2, 0.25) is 0 Å². The second kappa shape index (κ2) is 15.7. The number of amides is 2. The molecule has 0 spiro atoms. The number of hydrogen-bond donors (Lipinski definition) is 0. The van der Waals surface area contributed by atoms with Gasteiger partial charge in [0.05, 0.1) is 11.1 Å². The summed E-state index contributed by atoms with van der Waals surface area (Å²) in [5, 5.41) is 0. The highest BCUT2D eigenvalue weighted by Crippen LogP contribution is 2.44. The second-order valence-electron chi connectivity index (χ2n) is 13.7. The third-order valence-electron chi connectivity index (χ3n) is 9.69. The Morgan fingerprint density at radius 3 is 1.35 bits per heavy atom. The molecule has 5 aromatic carbocycles. The van der Waals surface area contributed by atoms with Crippen molar-refractivity contribution in [3.8, 4) is 5.75 Å². The number of ether oxygens (including phenoxy) is 2. The molecule has 0 saturated heterocycles. The number of nitrogens with zero attached hydrogens (tertiary/aromatic N) is 4. The van der Waals surface area contributed by atoms with Crippen molar-refractivity contribution in [1.82, 2.24) is 4.90 Å². The molecule has 10 heteroatoms. The average molecular weight is 725 g/mol. The fourth-order valence-electron chi connectivity index (χ4n) is 6.71. The summed E-state index contributed by atoms with van der Waals surface area (Å²) in [5.41, 5.74) is 5.36. The Bertz CT molecular complexity index is 1980. The molecular formula is C44H44N4O6. The maximum Gasteiger partial charge on any atom is 0.326 e. The number of rotatable bonds is 14. The van der Waals surface area contributed by atoms with Crippen molar-refractivity contribution >= 4 is 40.6 Å². The van der Waals surface area contributed by atoms with E-state index in [0.29, 0.717) is 11.3 Å². The average Bonchev–Trinajstić information content (AvgIpc) is 3.42. The SMILES string of the molecule is CN(C)c1ccc(C(C(=O)c2ccc(OCCOC(=O)CN3C(=O)c4ccccc4C3=O)cc2)(c2ccc(N(C)C)cc2)c2ccc(N(C)C)cc2)cc1. The highest BCUT2D eigenvalue weighted by Gasteiger charge is 2.44. The predicted octanol–water partition coefficient (Wildman–Crippen LogP) is 6.32. The summed E-state index contributed by atoms with van der Waals surface area (Å²) in [5.74, 6) is -1.40. The van der Waals surface area contributed by atoms with Gasteiger partial charge in [0.15, 0.2) is 5.78 Å². The van der Waals surface area contributed by atoms with Gasteiger partial charge in [-0.25, -0.2) is 0 Å². The molecule has 0 fully saturated rings. The Hall–Kier alpha value is -6.42. The van der Waals surface area contributed by atoms with E-state index in [1.807, 2.05) is 130 Å². The zero-order valence-electron chi connectivity index (χ0n) is 31.4. The van der Waals surface area contributed by atoms with Crippen LogP contribution in [-0.2, 0) is 14.9 Å². The molecule has 0 N–H and O–H groups in total. The van der Waals surface area contributed by atoms with Crippen molar-refractivity contribution in [2.75, 3.05) is 76.7 Å². The molecule has 1 aliphatic rings. The lowest BCUT2D eigenvalue weighted by Gasteiger charge is -2.35. The van der Waals surface area contributed by atoms with Crippen molar-refractivity contribution in [2.45, 2.75) is 5.41 Å². The molecule has 2 amide bonds. The molecule has 0 bridgehead atoms. The number of carbonyl (C=O) groups is 4. The Kier molecular flexibility index (Phi) is 10.8. The third kappa shape index (κ3) is 7.28. The highest BCUT2D eigenvalue weighted by atomic mass is 16.6. The summed E-state index contributed by atoms with van der Waals surface area (Å²) in [6.07, 6.45) is 0. The second-order valence-corrected chi connectivity index (χ2v) is 13.7.